The lowest BCUT2D eigenvalue weighted by Crippen LogP contribution is -2.26. The Morgan fingerprint density at radius 2 is 1.95 bits per heavy atom. The molecule has 0 bridgehead atoms. The maximum absolute atomic E-state index is 11.1. The van der Waals surface area contributed by atoms with E-state index >= 15 is 0 Å². The van der Waals surface area contributed by atoms with E-state index in [1.54, 1.807) is 6.92 Å². The molecular weight excluding hydrogens is 254 g/mol. The Labute approximate surface area is 120 Å². The highest BCUT2D eigenvalue weighted by Crippen LogP contribution is 2.24. The smallest absolute Gasteiger partial charge is 0.407 e. The summed E-state index contributed by atoms with van der Waals surface area (Å²) in [6.07, 6.45) is 5.74. The Morgan fingerprint density at radius 3 is 2.60 bits per heavy atom. The Balaban J connectivity index is 1.72. The lowest BCUT2D eigenvalue weighted by atomic mass is 10.1. The highest BCUT2D eigenvalue weighted by molar-refractivity contribution is 5.67. The molecule has 0 saturated heterocycles. The van der Waals surface area contributed by atoms with Crippen LogP contribution in [0.25, 0.3) is 0 Å². The molecule has 0 heterocycles. The molecular formula is C16H23NO3. The molecule has 4 heteroatoms. The van der Waals surface area contributed by atoms with Crippen molar-refractivity contribution in [2.24, 2.45) is 0 Å². The molecule has 1 amide bonds. The molecule has 4 nitrogen and oxygen atoms in total. The molecule has 0 atom stereocenters. The molecule has 0 spiro atoms. The van der Waals surface area contributed by atoms with Crippen molar-refractivity contribution >= 4 is 6.09 Å². The van der Waals surface area contributed by atoms with E-state index in [1.807, 2.05) is 12.1 Å². The Kier molecular flexibility index (Phi) is 5.71. The Morgan fingerprint density at radius 1 is 1.25 bits per heavy atom. The quantitative estimate of drug-likeness (QED) is 0.868. The second-order valence-electron chi connectivity index (χ2n) is 5.07. The Bertz CT molecular complexity index is 410. The predicted octanol–water partition coefficient (Wildman–Crippen LogP) is 3.30. The van der Waals surface area contributed by atoms with E-state index in [-0.39, 0.29) is 6.09 Å². The number of benzene rings is 1. The number of carbonyl (C=O) groups excluding carboxylic acids is 1. The number of ether oxygens (including phenoxy) is 2. The van der Waals surface area contributed by atoms with E-state index in [4.69, 9.17) is 9.47 Å². The van der Waals surface area contributed by atoms with Gasteiger partial charge < -0.3 is 14.8 Å². The summed E-state index contributed by atoms with van der Waals surface area (Å²) < 4.78 is 10.7. The van der Waals surface area contributed by atoms with E-state index in [0.29, 0.717) is 19.3 Å². The van der Waals surface area contributed by atoms with Crippen molar-refractivity contribution in [1.82, 2.24) is 5.32 Å². The van der Waals surface area contributed by atoms with Crippen LogP contribution in [0, 0.1) is 0 Å². The van der Waals surface area contributed by atoms with Crippen LogP contribution in [0.1, 0.15) is 38.2 Å². The standard InChI is InChI=1S/C16H23NO3/c1-2-19-16(18)17-12-11-13-7-9-15(10-8-13)20-14-5-3-4-6-14/h7-10,14H,2-6,11-12H2,1H3,(H,17,18). The van der Waals surface area contributed by atoms with Gasteiger partial charge in [-0.05, 0) is 56.7 Å². The minimum atomic E-state index is -0.353. The number of alkyl carbamates (subject to hydrolysis) is 1. The van der Waals surface area contributed by atoms with Crippen molar-refractivity contribution in [3.8, 4) is 5.75 Å². The van der Waals surface area contributed by atoms with Crippen molar-refractivity contribution in [3.63, 3.8) is 0 Å². The van der Waals surface area contributed by atoms with E-state index < -0.39 is 0 Å². The molecule has 0 radical (unpaired) electrons. The van der Waals surface area contributed by atoms with Crippen LogP contribution in [-0.2, 0) is 11.2 Å². The fourth-order valence-electron chi connectivity index (χ4n) is 2.42. The summed E-state index contributed by atoms with van der Waals surface area (Å²) in [5.74, 6) is 0.944. The number of amides is 1. The second-order valence-corrected chi connectivity index (χ2v) is 5.07. The molecule has 1 aromatic rings. The molecule has 1 aliphatic carbocycles. The molecule has 1 saturated carbocycles. The summed E-state index contributed by atoms with van der Waals surface area (Å²) in [4.78, 5) is 11.1. The molecule has 1 aromatic carbocycles. The van der Waals surface area contributed by atoms with Gasteiger partial charge in [0, 0.05) is 6.54 Å². The lowest BCUT2D eigenvalue weighted by Gasteiger charge is -2.13. The number of hydrogen-bond donors (Lipinski definition) is 1. The van der Waals surface area contributed by atoms with Crippen molar-refractivity contribution in [1.29, 1.82) is 0 Å². The minimum absolute atomic E-state index is 0.353. The highest BCUT2D eigenvalue weighted by atomic mass is 16.5. The highest BCUT2D eigenvalue weighted by Gasteiger charge is 2.16. The minimum Gasteiger partial charge on any atom is -0.490 e. The molecule has 20 heavy (non-hydrogen) atoms. The van der Waals surface area contributed by atoms with E-state index in [2.05, 4.69) is 17.4 Å². The van der Waals surface area contributed by atoms with E-state index in [0.717, 1.165) is 12.2 Å². The van der Waals surface area contributed by atoms with Crippen molar-refractivity contribution in [2.75, 3.05) is 13.2 Å². The van der Waals surface area contributed by atoms with E-state index in [9.17, 15) is 4.79 Å². The normalized spacial score (nSPS) is 15.1. The van der Waals surface area contributed by atoms with Gasteiger partial charge in [-0.3, -0.25) is 0 Å². The lowest BCUT2D eigenvalue weighted by molar-refractivity contribution is 0.152. The fraction of sp³-hybridized carbons (Fsp3) is 0.562. The number of nitrogens with one attached hydrogen (secondary N) is 1. The third-order valence-corrected chi connectivity index (χ3v) is 3.49. The van der Waals surface area contributed by atoms with Crippen LogP contribution in [0.15, 0.2) is 24.3 Å². The molecule has 1 fully saturated rings. The first kappa shape index (κ1) is 14.7. The molecule has 0 aliphatic heterocycles. The fourth-order valence-corrected chi connectivity index (χ4v) is 2.42. The van der Waals surface area contributed by atoms with Crippen LogP contribution in [0.5, 0.6) is 5.75 Å². The van der Waals surface area contributed by atoms with E-state index in [1.165, 1.54) is 31.2 Å². The van der Waals surface area contributed by atoms with Gasteiger partial charge in [-0.2, -0.15) is 0 Å². The molecule has 0 aromatic heterocycles. The Hall–Kier alpha value is -1.71. The van der Waals surface area contributed by atoms with Crippen LogP contribution in [0.4, 0.5) is 4.79 Å². The van der Waals surface area contributed by atoms with Gasteiger partial charge in [-0.25, -0.2) is 4.79 Å². The maximum atomic E-state index is 11.1. The van der Waals surface area contributed by atoms with Crippen molar-refractivity contribution in [2.45, 2.75) is 45.1 Å². The third kappa shape index (κ3) is 4.76. The van der Waals surface area contributed by atoms with Gasteiger partial charge in [-0.15, -0.1) is 0 Å². The van der Waals surface area contributed by atoms with Crippen LogP contribution in [0.3, 0.4) is 0 Å². The zero-order valence-electron chi connectivity index (χ0n) is 12.1. The van der Waals surface area contributed by atoms with Gasteiger partial charge in [0.2, 0.25) is 0 Å². The molecule has 2 rings (SSSR count). The average Bonchev–Trinajstić information content (AvgIpc) is 2.94. The van der Waals surface area contributed by atoms with Crippen LogP contribution in [-0.4, -0.2) is 25.3 Å². The summed E-state index contributed by atoms with van der Waals surface area (Å²) in [7, 11) is 0. The van der Waals surface area contributed by atoms with Crippen molar-refractivity contribution in [3.05, 3.63) is 29.8 Å². The van der Waals surface area contributed by atoms with Gasteiger partial charge in [0.15, 0.2) is 0 Å². The van der Waals surface area contributed by atoms with Crippen LogP contribution >= 0.6 is 0 Å². The van der Waals surface area contributed by atoms with Crippen molar-refractivity contribution < 1.29 is 14.3 Å². The molecule has 110 valence electrons. The van der Waals surface area contributed by atoms with Gasteiger partial charge in [-0.1, -0.05) is 12.1 Å². The first-order chi connectivity index (χ1) is 9.78. The summed E-state index contributed by atoms with van der Waals surface area (Å²) in [6.45, 7) is 2.78. The summed E-state index contributed by atoms with van der Waals surface area (Å²) >= 11 is 0. The largest absolute Gasteiger partial charge is 0.490 e. The molecule has 1 aliphatic rings. The van der Waals surface area contributed by atoms with Gasteiger partial charge in [0.25, 0.3) is 0 Å². The van der Waals surface area contributed by atoms with Crippen LogP contribution < -0.4 is 10.1 Å². The van der Waals surface area contributed by atoms with Gasteiger partial charge in [0.1, 0.15) is 5.75 Å². The number of rotatable bonds is 6. The zero-order valence-corrected chi connectivity index (χ0v) is 12.1. The predicted molar refractivity (Wildman–Crippen MR) is 78.1 cm³/mol. The number of hydrogen-bond acceptors (Lipinski definition) is 3. The number of carbonyl (C=O) groups is 1. The second kappa shape index (κ2) is 7.78. The summed E-state index contributed by atoms with van der Waals surface area (Å²) in [5.41, 5.74) is 1.18. The van der Waals surface area contributed by atoms with Crippen LogP contribution in [0.2, 0.25) is 0 Å². The SMILES string of the molecule is CCOC(=O)NCCc1ccc(OC2CCCC2)cc1. The first-order valence-electron chi connectivity index (χ1n) is 7.44. The summed E-state index contributed by atoms with van der Waals surface area (Å²) in [6, 6.07) is 8.13. The topological polar surface area (TPSA) is 47.6 Å². The monoisotopic (exact) mass is 277 g/mol. The summed E-state index contributed by atoms with van der Waals surface area (Å²) in [5, 5.41) is 2.71. The van der Waals surface area contributed by atoms with Gasteiger partial charge >= 0.3 is 6.09 Å². The zero-order chi connectivity index (χ0) is 14.2. The maximum Gasteiger partial charge on any atom is 0.407 e. The van der Waals surface area contributed by atoms with Gasteiger partial charge in [0.05, 0.1) is 12.7 Å². The average molecular weight is 277 g/mol. The molecule has 1 N–H and O–H groups in total. The first-order valence-corrected chi connectivity index (χ1v) is 7.44. The molecule has 0 unspecified atom stereocenters. The third-order valence-electron chi connectivity index (χ3n) is 3.49.